The SMILES string of the molecule is CC/C=C/C(=O)Nc1ccc(C(=O)O)cc1. The minimum atomic E-state index is -0.983. The Morgan fingerprint density at radius 1 is 1.31 bits per heavy atom. The van der Waals surface area contributed by atoms with Crippen molar-refractivity contribution < 1.29 is 14.7 Å². The van der Waals surface area contributed by atoms with Crippen LogP contribution in [0.2, 0.25) is 0 Å². The first kappa shape index (κ1) is 12.0. The Bertz CT molecular complexity index is 407. The average molecular weight is 219 g/mol. The lowest BCUT2D eigenvalue weighted by molar-refractivity contribution is -0.111. The van der Waals surface area contributed by atoms with Crippen molar-refractivity contribution in [3.8, 4) is 0 Å². The van der Waals surface area contributed by atoms with Crippen molar-refractivity contribution in [2.24, 2.45) is 0 Å². The van der Waals surface area contributed by atoms with E-state index in [1.54, 1.807) is 18.2 Å². The number of hydrogen-bond donors (Lipinski definition) is 2. The van der Waals surface area contributed by atoms with E-state index in [0.717, 1.165) is 6.42 Å². The number of rotatable bonds is 4. The molecule has 0 radical (unpaired) electrons. The fraction of sp³-hybridized carbons (Fsp3) is 0.167. The standard InChI is InChI=1S/C12H13NO3/c1-2-3-4-11(14)13-10-7-5-9(6-8-10)12(15)16/h3-8H,2H2,1H3,(H,13,14)(H,15,16)/b4-3+. The summed E-state index contributed by atoms with van der Waals surface area (Å²) in [5, 5.41) is 11.3. The maximum absolute atomic E-state index is 11.3. The number of carboxylic acid groups (broad SMARTS) is 1. The molecule has 0 saturated heterocycles. The second-order valence-corrected chi connectivity index (χ2v) is 3.18. The third kappa shape index (κ3) is 3.57. The quantitative estimate of drug-likeness (QED) is 0.763. The van der Waals surface area contributed by atoms with Crippen LogP contribution in [0.1, 0.15) is 23.7 Å². The van der Waals surface area contributed by atoms with Crippen molar-refractivity contribution in [3.63, 3.8) is 0 Å². The molecule has 0 heterocycles. The molecule has 0 aliphatic carbocycles. The molecule has 1 aromatic carbocycles. The van der Waals surface area contributed by atoms with Crippen LogP contribution in [0.25, 0.3) is 0 Å². The van der Waals surface area contributed by atoms with Gasteiger partial charge in [0.25, 0.3) is 0 Å². The van der Waals surface area contributed by atoms with Gasteiger partial charge in [-0.2, -0.15) is 0 Å². The third-order valence-electron chi connectivity index (χ3n) is 1.90. The lowest BCUT2D eigenvalue weighted by atomic mass is 10.2. The Kier molecular flexibility index (Phi) is 4.27. The van der Waals surface area contributed by atoms with E-state index in [1.165, 1.54) is 18.2 Å². The molecule has 0 bridgehead atoms. The normalized spacial score (nSPS) is 10.3. The van der Waals surface area contributed by atoms with Crippen molar-refractivity contribution in [1.82, 2.24) is 0 Å². The van der Waals surface area contributed by atoms with Crippen LogP contribution in [-0.4, -0.2) is 17.0 Å². The number of nitrogens with one attached hydrogen (secondary N) is 1. The summed E-state index contributed by atoms with van der Waals surface area (Å²) in [5.41, 5.74) is 0.776. The predicted molar refractivity (Wildman–Crippen MR) is 61.5 cm³/mol. The van der Waals surface area contributed by atoms with Crippen LogP contribution in [0, 0.1) is 0 Å². The number of allylic oxidation sites excluding steroid dienone is 1. The van der Waals surface area contributed by atoms with Crippen LogP contribution in [0.5, 0.6) is 0 Å². The number of benzene rings is 1. The predicted octanol–water partition coefficient (Wildman–Crippen LogP) is 2.29. The van der Waals surface area contributed by atoms with Gasteiger partial charge in [-0.15, -0.1) is 0 Å². The van der Waals surface area contributed by atoms with Crippen LogP contribution < -0.4 is 5.32 Å². The monoisotopic (exact) mass is 219 g/mol. The first-order valence-corrected chi connectivity index (χ1v) is 4.94. The Labute approximate surface area is 93.6 Å². The first-order chi connectivity index (χ1) is 7.63. The highest BCUT2D eigenvalue weighted by atomic mass is 16.4. The third-order valence-corrected chi connectivity index (χ3v) is 1.90. The summed E-state index contributed by atoms with van der Waals surface area (Å²) < 4.78 is 0. The Morgan fingerprint density at radius 3 is 2.44 bits per heavy atom. The van der Waals surface area contributed by atoms with Gasteiger partial charge in [-0.3, -0.25) is 4.79 Å². The number of anilines is 1. The Morgan fingerprint density at radius 2 is 1.94 bits per heavy atom. The fourth-order valence-electron chi connectivity index (χ4n) is 1.10. The summed E-state index contributed by atoms with van der Waals surface area (Å²) in [4.78, 5) is 21.9. The molecular formula is C12H13NO3. The molecule has 2 N–H and O–H groups in total. The van der Waals surface area contributed by atoms with Gasteiger partial charge in [-0.1, -0.05) is 13.0 Å². The summed E-state index contributed by atoms with van der Waals surface area (Å²) in [6.07, 6.45) is 4.00. The second-order valence-electron chi connectivity index (χ2n) is 3.18. The van der Waals surface area contributed by atoms with Crippen molar-refractivity contribution in [3.05, 3.63) is 42.0 Å². The first-order valence-electron chi connectivity index (χ1n) is 4.94. The van der Waals surface area contributed by atoms with Gasteiger partial charge in [0.05, 0.1) is 5.56 Å². The van der Waals surface area contributed by atoms with Crippen molar-refractivity contribution >= 4 is 17.6 Å². The van der Waals surface area contributed by atoms with E-state index >= 15 is 0 Å². The van der Waals surface area contributed by atoms with Gasteiger partial charge in [0.1, 0.15) is 0 Å². The van der Waals surface area contributed by atoms with Gasteiger partial charge >= 0.3 is 5.97 Å². The van der Waals surface area contributed by atoms with Crippen molar-refractivity contribution in [1.29, 1.82) is 0 Å². The fourth-order valence-corrected chi connectivity index (χ4v) is 1.10. The topological polar surface area (TPSA) is 66.4 Å². The Balaban J connectivity index is 2.65. The van der Waals surface area contributed by atoms with E-state index < -0.39 is 5.97 Å². The van der Waals surface area contributed by atoms with E-state index in [1.807, 2.05) is 6.92 Å². The molecule has 84 valence electrons. The highest BCUT2D eigenvalue weighted by Gasteiger charge is 2.02. The van der Waals surface area contributed by atoms with Crippen molar-refractivity contribution in [2.45, 2.75) is 13.3 Å². The summed E-state index contributed by atoms with van der Waals surface area (Å²) in [5.74, 6) is -1.20. The smallest absolute Gasteiger partial charge is 0.335 e. The zero-order valence-corrected chi connectivity index (χ0v) is 8.93. The molecule has 0 aromatic heterocycles. The van der Waals surface area contributed by atoms with Gasteiger partial charge in [0.15, 0.2) is 0 Å². The zero-order chi connectivity index (χ0) is 12.0. The number of hydrogen-bond acceptors (Lipinski definition) is 2. The van der Waals surface area contributed by atoms with E-state index in [0.29, 0.717) is 5.69 Å². The molecule has 0 aliphatic heterocycles. The highest BCUT2D eigenvalue weighted by molar-refractivity contribution is 5.99. The molecule has 1 rings (SSSR count). The van der Waals surface area contributed by atoms with Crippen molar-refractivity contribution in [2.75, 3.05) is 5.32 Å². The maximum Gasteiger partial charge on any atom is 0.335 e. The molecule has 0 saturated carbocycles. The van der Waals surface area contributed by atoms with E-state index in [4.69, 9.17) is 5.11 Å². The second kappa shape index (κ2) is 5.70. The molecule has 4 nitrogen and oxygen atoms in total. The van der Waals surface area contributed by atoms with Crippen LogP contribution in [-0.2, 0) is 4.79 Å². The number of carbonyl (C=O) groups excluding carboxylic acids is 1. The number of carboxylic acids is 1. The number of carbonyl (C=O) groups is 2. The molecule has 0 atom stereocenters. The highest BCUT2D eigenvalue weighted by Crippen LogP contribution is 2.09. The lowest BCUT2D eigenvalue weighted by Gasteiger charge is -2.02. The summed E-state index contributed by atoms with van der Waals surface area (Å²) in [6.45, 7) is 1.94. The zero-order valence-electron chi connectivity index (χ0n) is 8.93. The van der Waals surface area contributed by atoms with Crippen LogP contribution >= 0.6 is 0 Å². The molecule has 1 aromatic rings. The van der Waals surface area contributed by atoms with Gasteiger partial charge in [-0.05, 0) is 36.8 Å². The van der Waals surface area contributed by atoms with Crippen LogP contribution in [0.15, 0.2) is 36.4 Å². The van der Waals surface area contributed by atoms with Gasteiger partial charge in [0.2, 0.25) is 5.91 Å². The maximum atomic E-state index is 11.3. The number of aromatic carboxylic acids is 1. The summed E-state index contributed by atoms with van der Waals surface area (Å²) in [7, 11) is 0. The van der Waals surface area contributed by atoms with E-state index in [2.05, 4.69) is 5.32 Å². The lowest BCUT2D eigenvalue weighted by Crippen LogP contribution is -2.08. The summed E-state index contributed by atoms with van der Waals surface area (Å²) >= 11 is 0. The minimum absolute atomic E-state index is 0.196. The van der Waals surface area contributed by atoms with Gasteiger partial charge < -0.3 is 10.4 Å². The molecule has 0 fully saturated rings. The van der Waals surface area contributed by atoms with E-state index in [9.17, 15) is 9.59 Å². The molecular weight excluding hydrogens is 206 g/mol. The summed E-state index contributed by atoms with van der Waals surface area (Å²) in [6, 6.07) is 6.01. The van der Waals surface area contributed by atoms with Crippen LogP contribution in [0.4, 0.5) is 5.69 Å². The van der Waals surface area contributed by atoms with Crippen LogP contribution in [0.3, 0.4) is 0 Å². The van der Waals surface area contributed by atoms with Gasteiger partial charge in [-0.25, -0.2) is 4.79 Å². The molecule has 0 spiro atoms. The van der Waals surface area contributed by atoms with E-state index in [-0.39, 0.29) is 11.5 Å². The molecule has 0 unspecified atom stereocenters. The molecule has 4 heteroatoms. The Hall–Kier alpha value is -2.10. The van der Waals surface area contributed by atoms with Gasteiger partial charge in [0, 0.05) is 5.69 Å². The molecule has 0 aliphatic rings. The number of amides is 1. The molecule has 1 amide bonds. The minimum Gasteiger partial charge on any atom is -0.478 e. The largest absolute Gasteiger partial charge is 0.478 e. The molecule has 16 heavy (non-hydrogen) atoms. The average Bonchev–Trinajstić information content (AvgIpc) is 2.27.